The molecule has 0 aromatic carbocycles. The van der Waals surface area contributed by atoms with Crippen molar-refractivity contribution in [2.24, 2.45) is 5.92 Å². The number of nitrogens with one attached hydrogen (secondary N) is 1. The van der Waals surface area contributed by atoms with Crippen molar-refractivity contribution >= 4 is 6.03 Å². The van der Waals surface area contributed by atoms with Crippen LogP contribution in [0, 0.1) is 5.92 Å². The predicted octanol–water partition coefficient (Wildman–Crippen LogP) is 2.76. The minimum absolute atomic E-state index is 0.180. The molecule has 3 heteroatoms. The van der Waals surface area contributed by atoms with Gasteiger partial charge in [0, 0.05) is 19.1 Å². The predicted molar refractivity (Wildman–Crippen MR) is 65.4 cm³/mol. The summed E-state index contributed by atoms with van der Waals surface area (Å²) in [5.74, 6) is 0.850. The summed E-state index contributed by atoms with van der Waals surface area (Å²) < 4.78 is 0. The number of rotatable bonds is 1. The standard InChI is InChI=1S/C13H24N2O/c1-11-5-7-12(8-6-11)14-13(16)15-9-3-2-4-10-15/h11-12H,2-10H2,1H3,(H,14,16). The lowest BCUT2D eigenvalue weighted by molar-refractivity contribution is 0.177. The third-order valence-corrected chi connectivity index (χ3v) is 3.99. The van der Waals surface area contributed by atoms with Gasteiger partial charge in [0.15, 0.2) is 0 Å². The SMILES string of the molecule is CC1CCC(NC(=O)N2CCCCC2)CC1. The van der Waals surface area contributed by atoms with Gasteiger partial charge < -0.3 is 10.2 Å². The first-order valence-electron chi connectivity index (χ1n) is 6.81. The fourth-order valence-electron chi connectivity index (χ4n) is 2.77. The molecule has 0 atom stereocenters. The van der Waals surface area contributed by atoms with E-state index in [0.717, 1.165) is 19.0 Å². The highest BCUT2D eigenvalue weighted by Crippen LogP contribution is 2.23. The molecule has 2 fully saturated rings. The van der Waals surface area contributed by atoms with Gasteiger partial charge in [0.2, 0.25) is 0 Å². The van der Waals surface area contributed by atoms with E-state index in [-0.39, 0.29) is 6.03 Å². The van der Waals surface area contributed by atoms with Crippen molar-refractivity contribution in [3.63, 3.8) is 0 Å². The van der Waals surface area contributed by atoms with E-state index in [1.54, 1.807) is 0 Å². The molecule has 0 aromatic rings. The Balaban J connectivity index is 1.73. The smallest absolute Gasteiger partial charge is 0.317 e. The summed E-state index contributed by atoms with van der Waals surface area (Å²) >= 11 is 0. The minimum atomic E-state index is 0.180. The van der Waals surface area contributed by atoms with Gasteiger partial charge in [0.1, 0.15) is 0 Å². The maximum atomic E-state index is 12.0. The van der Waals surface area contributed by atoms with Crippen LogP contribution in [0.5, 0.6) is 0 Å². The monoisotopic (exact) mass is 224 g/mol. The molecule has 0 radical (unpaired) electrons. The fraction of sp³-hybridized carbons (Fsp3) is 0.923. The number of piperidine rings is 1. The Bertz CT molecular complexity index is 228. The first-order chi connectivity index (χ1) is 7.75. The summed E-state index contributed by atoms with van der Waals surface area (Å²) in [6, 6.07) is 0.616. The van der Waals surface area contributed by atoms with Crippen LogP contribution in [0.4, 0.5) is 4.79 Å². The van der Waals surface area contributed by atoms with Crippen molar-refractivity contribution in [2.75, 3.05) is 13.1 Å². The molecule has 1 N–H and O–H groups in total. The molecule has 0 spiro atoms. The molecule has 1 saturated carbocycles. The Kier molecular flexibility index (Phi) is 4.08. The van der Waals surface area contributed by atoms with Crippen molar-refractivity contribution in [2.45, 2.75) is 57.9 Å². The van der Waals surface area contributed by atoms with Crippen molar-refractivity contribution in [3.05, 3.63) is 0 Å². The highest BCUT2D eigenvalue weighted by Gasteiger charge is 2.22. The molecule has 2 amide bonds. The van der Waals surface area contributed by atoms with Crippen LogP contribution in [0.15, 0.2) is 0 Å². The van der Waals surface area contributed by atoms with E-state index in [1.165, 1.54) is 44.9 Å². The summed E-state index contributed by atoms with van der Waals surface area (Å²) in [5.41, 5.74) is 0. The summed E-state index contributed by atoms with van der Waals surface area (Å²) in [6.07, 6.45) is 8.51. The van der Waals surface area contributed by atoms with Gasteiger partial charge >= 0.3 is 6.03 Å². The molecule has 2 rings (SSSR count). The lowest BCUT2D eigenvalue weighted by atomic mass is 9.87. The number of hydrogen-bond acceptors (Lipinski definition) is 1. The first-order valence-corrected chi connectivity index (χ1v) is 6.81. The van der Waals surface area contributed by atoms with E-state index in [2.05, 4.69) is 12.2 Å². The largest absolute Gasteiger partial charge is 0.335 e. The normalized spacial score (nSPS) is 31.2. The van der Waals surface area contributed by atoms with E-state index in [9.17, 15) is 4.79 Å². The van der Waals surface area contributed by atoms with Crippen LogP contribution in [-0.4, -0.2) is 30.1 Å². The molecule has 1 aliphatic heterocycles. The highest BCUT2D eigenvalue weighted by atomic mass is 16.2. The Morgan fingerprint density at radius 2 is 1.69 bits per heavy atom. The van der Waals surface area contributed by atoms with Gasteiger partial charge in [-0.3, -0.25) is 0 Å². The minimum Gasteiger partial charge on any atom is -0.335 e. The highest BCUT2D eigenvalue weighted by molar-refractivity contribution is 5.74. The van der Waals surface area contributed by atoms with Crippen molar-refractivity contribution in [1.29, 1.82) is 0 Å². The van der Waals surface area contributed by atoms with Crippen LogP contribution in [0.2, 0.25) is 0 Å². The quantitative estimate of drug-likeness (QED) is 0.730. The van der Waals surface area contributed by atoms with Crippen LogP contribution >= 0.6 is 0 Å². The van der Waals surface area contributed by atoms with E-state index in [1.807, 2.05) is 4.90 Å². The van der Waals surface area contributed by atoms with Gasteiger partial charge in [-0.25, -0.2) is 4.79 Å². The average Bonchev–Trinajstić information content (AvgIpc) is 2.33. The van der Waals surface area contributed by atoms with Crippen molar-refractivity contribution in [1.82, 2.24) is 10.2 Å². The van der Waals surface area contributed by atoms with Crippen LogP contribution in [-0.2, 0) is 0 Å². The van der Waals surface area contributed by atoms with Crippen LogP contribution in [0.25, 0.3) is 0 Å². The zero-order valence-electron chi connectivity index (χ0n) is 10.4. The molecule has 2 aliphatic rings. The molecule has 3 nitrogen and oxygen atoms in total. The number of likely N-dealkylation sites (tertiary alicyclic amines) is 1. The summed E-state index contributed by atoms with van der Waals surface area (Å²) in [7, 11) is 0. The third kappa shape index (κ3) is 3.13. The van der Waals surface area contributed by atoms with Crippen molar-refractivity contribution < 1.29 is 4.79 Å². The summed E-state index contributed by atoms with van der Waals surface area (Å²) in [6.45, 7) is 4.21. The van der Waals surface area contributed by atoms with E-state index < -0.39 is 0 Å². The molecule has 1 aliphatic carbocycles. The zero-order valence-corrected chi connectivity index (χ0v) is 10.4. The second-order valence-electron chi connectivity index (χ2n) is 5.45. The van der Waals surface area contributed by atoms with Crippen LogP contribution in [0.1, 0.15) is 51.9 Å². The number of urea groups is 1. The number of amides is 2. The van der Waals surface area contributed by atoms with Gasteiger partial charge in [-0.05, 0) is 50.9 Å². The van der Waals surface area contributed by atoms with E-state index >= 15 is 0 Å². The Labute approximate surface area is 98.6 Å². The summed E-state index contributed by atoms with van der Waals surface area (Å²) in [4.78, 5) is 14.0. The van der Waals surface area contributed by atoms with Gasteiger partial charge in [-0.2, -0.15) is 0 Å². The second-order valence-corrected chi connectivity index (χ2v) is 5.45. The topological polar surface area (TPSA) is 32.3 Å². The average molecular weight is 224 g/mol. The second kappa shape index (κ2) is 5.55. The van der Waals surface area contributed by atoms with Gasteiger partial charge in [0.05, 0.1) is 0 Å². The molecule has 0 bridgehead atoms. The van der Waals surface area contributed by atoms with Crippen LogP contribution in [0.3, 0.4) is 0 Å². The van der Waals surface area contributed by atoms with E-state index in [4.69, 9.17) is 0 Å². The molecule has 0 unspecified atom stereocenters. The van der Waals surface area contributed by atoms with Gasteiger partial charge in [0.25, 0.3) is 0 Å². The number of nitrogens with zero attached hydrogens (tertiary/aromatic N) is 1. The molecule has 92 valence electrons. The zero-order chi connectivity index (χ0) is 11.4. The molecule has 0 aromatic heterocycles. The number of hydrogen-bond donors (Lipinski definition) is 1. The summed E-state index contributed by atoms with van der Waals surface area (Å²) in [5, 5.41) is 3.20. The van der Waals surface area contributed by atoms with Gasteiger partial charge in [-0.1, -0.05) is 6.92 Å². The van der Waals surface area contributed by atoms with E-state index in [0.29, 0.717) is 6.04 Å². The maximum absolute atomic E-state index is 12.0. The molecular weight excluding hydrogens is 200 g/mol. The number of carbonyl (C=O) groups excluding carboxylic acids is 1. The Morgan fingerprint density at radius 1 is 1.06 bits per heavy atom. The Morgan fingerprint density at radius 3 is 2.31 bits per heavy atom. The molecular formula is C13H24N2O. The van der Waals surface area contributed by atoms with Crippen LogP contribution < -0.4 is 5.32 Å². The Hall–Kier alpha value is -0.730. The van der Waals surface area contributed by atoms with Crippen molar-refractivity contribution in [3.8, 4) is 0 Å². The third-order valence-electron chi connectivity index (χ3n) is 3.99. The molecule has 1 saturated heterocycles. The molecule has 16 heavy (non-hydrogen) atoms. The maximum Gasteiger partial charge on any atom is 0.317 e. The fourth-order valence-corrected chi connectivity index (χ4v) is 2.77. The molecule has 1 heterocycles. The first kappa shape index (κ1) is 11.7. The number of carbonyl (C=O) groups is 1. The lowest BCUT2D eigenvalue weighted by Gasteiger charge is -2.32. The van der Waals surface area contributed by atoms with Gasteiger partial charge in [-0.15, -0.1) is 0 Å². The lowest BCUT2D eigenvalue weighted by Crippen LogP contribution is -2.47.